The van der Waals surface area contributed by atoms with Crippen molar-refractivity contribution in [2.75, 3.05) is 6.61 Å². The third-order valence-corrected chi connectivity index (χ3v) is 5.67. The molecule has 0 aliphatic carbocycles. The molecule has 1 N–H and O–H groups in total. The monoisotopic (exact) mass is 449 g/mol. The second-order valence-electron chi connectivity index (χ2n) is 9.47. The molecule has 0 rings (SSSR count). The summed E-state index contributed by atoms with van der Waals surface area (Å²) in [4.78, 5) is 24.4. The summed E-state index contributed by atoms with van der Waals surface area (Å²) >= 11 is 0. The van der Waals surface area contributed by atoms with E-state index in [0.717, 1.165) is 44.9 Å². The van der Waals surface area contributed by atoms with Crippen LogP contribution in [0, 0.1) is 5.92 Å². The van der Waals surface area contributed by atoms with Crippen LogP contribution in [0.4, 0.5) is 0 Å². The maximum Gasteiger partial charge on any atom is 0.305 e. The normalized spacial score (nSPS) is 11.8. The Morgan fingerprint density at radius 2 is 1.22 bits per heavy atom. The summed E-state index contributed by atoms with van der Waals surface area (Å²) in [7, 11) is 0. The van der Waals surface area contributed by atoms with Crippen LogP contribution >= 0.6 is 0 Å². The Hall–Kier alpha value is -1.58. The van der Waals surface area contributed by atoms with Crippen LogP contribution in [0.1, 0.15) is 123 Å². The second kappa shape index (κ2) is 22.6. The molecule has 0 aromatic heterocycles. The zero-order valence-corrected chi connectivity index (χ0v) is 21.2. The lowest BCUT2D eigenvalue weighted by molar-refractivity contribution is -0.145. The Labute approximate surface area is 198 Å². The molecule has 4 heteroatoms. The number of unbranched alkanes of at least 4 members (excludes halogenated alkanes) is 12. The molecule has 0 heterocycles. The van der Waals surface area contributed by atoms with Gasteiger partial charge in [0.25, 0.3) is 0 Å². The lowest BCUT2D eigenvalue weighted by Crippen LogP contribution is -2.39. The van der Waals surface area contributed by atoms with Gasteiger partial charge in [0.2, 0.25) is 5.91 Å². The van der Waals surface area contributed by atoms with Crippen molar-refractivity contribution >= 4 is 11.9 Å². The Morgan fingerprint density at radius 1 is 0.750 bits per heavy atom. The molecule has 1 amide bonds. The number of hydrogen-bond donors (Lipinski definition) is 1. The van der Waals surface area contributed by atoms with Crippen molar-refractivity contribution in [1.82, 2.24) is 5.32 Å². The molecule has 0 radical (unpaired) electrons. The molecule has 0 unspecified atom stereocenters. The van der Waals surface area contributed by atoms with E-state index in [1.807, 2.05) is 12.2 Å². The minimum atomic E-state index is -0.142. The Kier molecular flexibility index (Phi) is 21.5. The maximum atomic E-state index is 12.3. The summed E-state index contributed by atoms with van der Waals surface area (Å²) in [5.41, 5.74) is 0. The number of esters is 1. The van der Waals surface area contributed by atoms with Crippen LogP contribution in [-0.2, 0) is 14.3 Å². The molecule has 0 fully saturated rings. The van der Waals surface area contributed by atoms with E-state index in [1.54, 1.807) is 0 Å². The first kappa shape index (κ1) is 30.4. The van der Waals surface area contributed by atoms with Gasteiger partial charge < -0.3 is 10.1 Å². The zero-order chi connectivity index (χ0) is 23.9. The Morgan fingerprint density at radius 3 is 1.72 bits per heavy atom. The summed E-state index contributed by atoms with van der Waals surface area (Å²) in [5, 5.41) is 3.09. The molecule has 0 spiro atoms. The zero-order valence-electron chi connectivity index (χ0n) is 21.2. The number of nitrogens with one attached hydrogen (secondary N) is 1. The first-order valence-corrected chi connectivity index (χ1v) is 13.2. The predicted molar refractivity (Wildman–Crippen MR) is 137 cm³/mol. The fourth-order valence-electron chi connectivity index (χ4n) is 3.85. The lowest BCUT2D eigenvalue weighted by atomic mass is 10.0. The molecular formula is C28H51NO3. The summed E-state index contributed by atoms with van der Waals surface area (Å²) < 4.78 is 5.48. The highest BCUT2D eigenvalue weighted by atomic mass is 16.5. The quantitative estimate of drug-likeness (QED) is 0.0988. The van der Waals surface area contributed by atoms with Gasteiger partial charge in [-0.05, 0) is 50.9 Å². The van der Waals surface area contributed by atoms with Gasteiger partial charge >= 0.3 is 5.97 Å². The number of ether oxygens (including phenoxy) is 1. The summed E-state index contributed by atoms with van der Waals surface area (Å²) in [6.45, 7) is 12.0. The van der Waals surface area contributed by atoms with Crippen molar-refractivity contribution in [3.8, 4) is 0 Å². The highest BCUT2D eigenvalue weighted by Gasteiger charge is 2.16. The molecule has 4 nitrogen and oxygen atoms in total. The smallest absolute Gasteiger partial charge is 0.305 e. The Balaban J connectivity index is 3.93. The molecule has 0 saturated heterocycles. The highest BCUT2D eigenvalue weighted by molar-refractivity contribution is 5.76. The minimum Gasteiger partial charge on any atom is -0.463 e. The van der Waals surface area contributed by atoms with Crippen molar-refractivity contribution in [2.45, 2.75) is 129 Å². The van der Waals surface area contributed by atoms with Gasteiger partial charge in [0, 0.05) is 12.8 Å². The summed E-state index contributed by atoms with van der Waals surface area (Å²) in [5.74, 6) is 0.376. The van der Waals surface area contributed by atoms with Crippen LogP contribution in [0.25, 0.3) is 0 Å². The fraction of sp³-hybridized carbons (Fsp3) is 0.786. The van der Waals surface area contributed by atoms with Gasteiger partial charge in [-0.15, -0.1) is 13.2 Å². The van der Waals surface area contributed by atoms with E-state index in [2.05, 4.69) is 32.3 Å². The second-order valence-corrected chi connectivity index (χ2v) is 9.47. The molecule has 0 aromatic rings. The van der Waals surface area contributed by atoms with Gasteiger partial charge in [-0.25, -0.2) is 0 Å². The van der Waals surface area contributed by atoms with E-state index >= 15 is 0 Å². The van der Waals surface area contributed by atoms with Gasteiger partial charge in [0.15, 0.2) is 0 Å². The highest BCUT2D eigenvalue weighted by Crippen LogP contribution is 2.12. The fourth-order valence-corrected chi connectivity index (χ4v) is 3.85. The van der Waals surface area contributed by atoms with E-state index in [1.165, 1.54) is 51.4 Å². The van der Waals surface area contributed by atoms with Crippen molar-refractivity contribution in [1.29, 1.82) is 0 Å². The molecule has 0 bridgehead atoms. The van der Waals surface area contributed by atoms with E-state index in [9.17, 15) is 9.59 Å². The SMILES string of the molecule is C=CCCCCCCCCC(=O)N[C@H](COC(=O)CCCCCCCCC=C)CC(C)C. The molecule has 32 heavy (non-hydrogen) atoms. The van der Waals surface area contributed by atoms with Gasteiger partial charge in [0.05, 0.1) is 6.04 Å². The predicted octanol–water partition coefficient (Wildman–Crippen LogP) is 7.67. The van der Waals surface area contributed by atoms with Crippen LogP contribution in [0.5, 0.6) is 0 Å². The average Bonchev–Trinajstić information content (AvgIpc) is 2.75. The largest absolute Gasteiger partial charge is 0.463 e. The number of carbonyl (C=O) groups is 2. The maximum absolute atomic E-state index is 12.3. The Bertz CT molecular complexity index is 487. The van der Waals surface area contributed by atoms with E-state index in [-0.39, 0.29) is 24.5 Å². The number of rotatable bonds is 23. The molecule has 0 aromatic carbocycles. The van der Waals surface area contributed by atoms with Crippen LogP contribution in [0.15, 0.2) is 25.3 Å². The molecule has 0 saturated carbocycles. The number of hydrogen-bond acceptors (Lipinski definition) is 3. The van der Waals surface area contributed by atoms with Crippen molar-refractivity contribution in [2.24, 2.45) is 5.92 Å². The topological polar surface area (TPSA) is 55.4 Å². The van der Waals surface area contributed by atoms with Gasteiger partial charge in [-0.1, -0.05) is 77.4 Å². The lowest BCUT2D eigenvalue weighted by Gasteiger charge is -2.20. The third-order valence-electron chi connectivity index (χ3n) is 5.67. The summed E-state index contributed by atoms with van der Waals surface area (Å²) in [6.07, 6.45) is 21.7. The first-order valence-electron chi connectivity index (χ1n) is 13.2. The van der Waals surface area contributed by atoms with E-state index in [4.69, 9.17) is 4.74 Å². The molecule has 0 aliphatic rings. The third kappa shape index (κ3) is 21.6. The van der Waals surface area contributed by atoms with Gasteiger partial charge in [0.1, 0.15) is 6.61 Å². The molecule has 186 valence electrons. The minimum absolute atomic E-state index is 0.0785. The first-order chi connectivity index (χ1) is 15.5. The van der Waals surface area contributed by atoms with Crippen molar-refractivity contribution in [3.05, 3.63) is 25.3 Å². The van der Waals surface area contributed by atoms with Gasteiger partial charge in [-0.2, -0.15) is 0 Å². The summed E-state index contributed by atoms with van der Waals surface area (Å²) in [6, 6.07) is -0.0878. The molecule has 0 aliphatic heterocycles. The number of carbonyl (C=O) groups excluding carboxylic acids is 2. The van der Waals surface area contributed by atoms with Crippen LogP contribution < -0.4 is 5.32 Å². The standard InChI is InChI=1S/C28H51NO3/c1-5-7-9-11-13-15-17-19-21-27(30)29-26(23-25(3)4)24-32-28(31)22-20-18-16-14-12-10-8-6-2/h5-6,25-26H,1-2,7-24H2,3-4H3,(H,29,30)/t26-/m0/s1. The number of allylic oxidation sites excluding steroid dienone is 2. The number of amides is 1. The van der Waals surface area contributed by atoms with Crippen molar-refractivity contribution in [3.63, 3.8) is 0 Å². The average molecular weight is 450 g/mol. The van der Waals surface area contributed by atoms with Crippen LogP contribution in [0.3, 0.4) is 0 Å². The van der Waals surface area contributed by atoms with Crippen LogP contribution in [0.2, 0.25) is 0 Å². The van der Waals surface area contributed by atoms with Gasteiger partial charge in [-0.3, -0.25) is 9.59 Å². The van der Waals surface area contributed by atoms with E-state index in [0.29, 0.717) is 18.8 Å². The molecule has 1 atom stereocenters. The molecular weight excluding hydrogens is 398 g/mol. The van der Waals surface area contributed by atoms with Crippen LogP contribution in [-0.4, -0.2) is 24.5 Å². The van der Waals surface area contributed by atoms with E-state index < -0.39 is 0 Å². The van der Waals surface area contributed by atoms with Crippen molar-refractivity contribution < 1.29 is 14.3 Å².